The van der Waals surface area contributed by atoms with Gasteiger partial charge in [-0.15, -0.1) is 0 Å². The lowest BCUT2D eigenvalue weighted by atomic mass is 10.1. The highest BCUT2D eigenvalue weighted by atomic mass is 127. The first-order valence-electron chi connectivity index (χ1n) is 5.32. The summed E-state index contributed by atoms with van der Waals surface area (Å²) in [5.41, 5.74) is 2.32. The molecule has 0 aliphatic carbocycles. The average Bonchev–Trinajstić information content (AvgIpc) is 2.35. The van der Waals surface area contributed by atoms with Crippen LogP contribution < -0.4 is 5.56 Å². The Morgan fingerprint density at radius 3 is 2.94 bits per heavy atom. The summed E-state index contributed by atoms with van der Waals surface area (Å²) in [6.45, 7) is 2.26. The lowest BCUT2D eigenvalue weighted by molar-refractivity contribution is 0.180. The minimum absolute atomic E-state index is 0.157. The Bertz CT molecular complexity index is 625. The van der Waals surface area contributed by atoms with Gasteiger partial charge in [-0.1, -0.05) is 0 Å². The Hall–Kier alpha value is -1.28. The predicted molar refractivity (Wildman–Crippen MR) is 76.3 cm³/mol. The van der Waals surface area contributed by atoms with E-state index in [9.17, 15) is 4.79 Å². The molecule has 2 aromatic heterocycles. The molecule has 6 heteroatoms. The van der Waals surface area contributed by atoms with E-state index in [1.165, 1.54) is 0 Å². The number of hydrogen-bond donors (Lipinski definition) is 1. The standard InChI is InChI=1S/C12H12IN3O2/c1-7-3-4-14-5-8(7)11-15-9(6-18-2)10(13)12(17)16-11/h3-5H,6H2,1-2H3,(H,15,16,17). The molecule has 0 radical (unpaired) electrons. The van der Waals surface area contributed by atoms with Gasteiger partial charge in [0.05, 0.1) is 12.3 Å². The van der Waals surface area contributed by atoms with Gasteiger partial charge in [0.25, 0.3) is 5.56 Å². The molecule has 0 aliphatic rings. The summed E-state index contributed by atoms with van der Waals surface area (Å²) >= 11 is 1.97. The molecule has 0 aliphatic heterocycles. The van der Waals surface area contributed by atoms with Gasteiger partial charge in [0, 0.05) is 25.1 Å². The second-order valence-electron chi connectivity index (χ2n) is 3.80. The molecule has 0 unspecified atom stereocenters. The number of halogens is 1. The zero-order valence-electron chi connectivity index (χ0n) is 10.0. The van der Waals surface area contributed by atoms with Gasteiger partial charge < -0.3 is 9.72 Å². The van der Waals surface area contributed by atoms with Crippen LogP contribution in [0, 0.1) is 10.5 Å². The topological polar surface area (TPSA) is 67.9 Å². The Morgan fingerprint density at radius 2 is 2.28 bits per heavy atom. The molecule has 2 rings (SSSR count). The number of nitrogens with one attached hydrogen (secondary N) is 1. The fourth-order valence-corrected chi connectivity index (χ4v) is 1.99. The maximum absolute atomic E-state index is 11.8. The van der Waals surface area contributed by atoms with E-state index in [1.54, 1.807) is 19.5 Å². The number of rotatable bonds is 3. The van der Waals surface area contributed by atoms with Gasteiger partial charge in [-0.3, -0.25) is 9.78 Å². The number of ether oxygens (including phenoxy) is 1. The summed E-state index contributed by atoms with van der Waals surface area (Å²) < 4.78 is 5.60. The van der Waals surface area contributed by atoms with Gasteiger partial charge in [0.2, 0.25) is 0 Å². The Balaban J connectivity index is 2.59. The molecule has 0 bridgehead atoms. The summed E-state index contributed by atoms with van der Waals surface area (Å²) in [7, 11) is 1.58. The summed E-state index contributed by atoms with van der Waals surface area (Å²) in [4.78, 5) is 23.1. The van der Waals surface area contributed by atoms with E-state index in [2.05, 4.69) is 15.0 Å². The largest absolute Gasteiger partial charge is 0.378 e. The van der Waals surface area contributed by atoms with Gasteiger partial charge in [-0.2, -0.15) is 0 Å². The molecule has 0 atom stereocenters. The van der Waals surface area contributed by atoms with Crippen LogP contribution in [0.5, 0.6) is 0 Å². The lowest BCUT2D eigenvalue weighted by Gasteiger charge is -2.07. The third-order valence-electron chi connectivity index (χ3n) is 2.51. The second kappa shape index (κ2) is 5.57. The first kappa shape index (κ1) is 13.2. The second-order valence-corrected chi connectivity index (χ2v) is 4.88. The van der Waals surface area contributed by atoms with Crippen molar-refractivity contribution >= 4 is 22.6 Å². The average molecular weight is 357 g/mol. The van der Waals surface area contributed by atoms with E-state index in [1.807, 2.05) is 35.6 Å². The van der Waals surface area contributed by atoms with Crippen molar-refractivity contribution < 1.29 is 4.74 Å². The molecule has 0 saturated heterocycles. The maximum Gasteiger partial charge on any atom is 0.264 e. The molecule has 0 aromatic carbocycles. The molecule has 0 spiro atoms. The van der Waals surface area contributed by atoms with Crippen molar-refractivity contribution in [3.63, 3.8) is 0 Å². The first-order chi connectivity index (χ1) is 8.63. The van der Waals surface area contributed by atoms with Crippen molar-refractivity contribution in [2.24, 2.45) is 0 Å². The number of nitrogens with zero attached hydrogens (tertiary/aromatic N) is 2. The Morgan fingerprint density at radius 1 is 1.50 bits per heavy atom. The van der Waals surface area contributed by atoms with Crippen LogP contribution in [-0.2, 0) is 11.3 Å². The van der Waals surface area contributed by atoms with Crippen LogP contribution in [0.15, 0.2) is 23.3 Å². The number of aryl methyl sites for hydroxylation is 1. The molecular weight excluding hydrogens is 345 g/mol. The zero-order chi connectivity index (χ0) is 13.1. The maximum atomic E-state index is 11.8. The Labute approximate surface area is 118 Å². The zero-order valence-corrected chi connectivity index (χ0v) is 12.2. The molecule has 5 nitrogen and oxygen atoms in total. The minimum atomic E-state index is -0.157. The molecule has 2 aromatic rings. The van der Waals surface area contributed by atoms with Crippen molar-refractivity contribution in [1.82, 2.24) is 15.0 Å². The monoisotopic (exact) mass is 357 g/mol. The number of aromatic amines is 1. The Kier molecular flexibility index (Phi) is 4.07. The highest BCUT2D eigenvalue weighted by Gasteiger charge is 2.11. The van der Waals surface area contributed by atoms with E-state index >= 15 is 0 Å². The fourth-order valence-electron chi connectivity index (χ4n) is 1.58. The van der Waals surface area contributed by atoms with Crippen LogP contribution in [0.25, 0.3) is 11.4 Å². The molecule has 94 valence electrons. The predicted octanol–water partition coefficient (Wildman–Crippen LogP) is 1.89. The minimum Gasteiger partial charge on any atom is -0.378 e. The van der Waals surface area contributed by atoms with Crippen molar-refractivity contribution in [3.8, 4) is 11.4 Å². The number of methoxy groups -OCH3 is 1. The van der Waals surface area contributed by atoms with Crippen LogP contribution in [0.2, 0.25) is 0 Å². The quantitative estimate of drug-likeness (QED) is 0.852. The molecule has 0 saturated carbocycles. The van der Waals surface area contributed by atoms with E-state index in [4.69, 9.17) is 4.74 Å². The molecule has 18 heavy (non-hydrogen) atoms. The molecular formula is C12H12IN3O2. The highest BCUT2D eigenvalue weighted by molar-refractivity contribution is 14.1. The van der Waals surface area contributed by atoms with Crippen molar-refractivity contribution in [3.05, 3.63) is 43.6 Å². The molecule has 0 amide bonds. The third kappa shape index (κ3) is 2.59. The van der Waals surface area contributed by atoms with E-state index in [0.717, 1.165) is 11.1 Å². The van der Waals surface area contributed by atoms with E-state index in [-0.39, 0.29) is 5.56 Å². The molecule has 0 fully saturated rings. The van der Waals surface area contributed by atoms with Crippen LogP contribution in [0.3, 0.4) is 0 Å². The fraction of sp³-hybridized carbons (Fsp3) is 0.250. The van der Waals surface area contributed by atoms with Crippen molar-refractivity contribution in [1.29, 1.82) is 0 Å². The number of hydrogen-bond acceptors (Lipinski definition) is 4. The summed E-state index contributed by atoms with van der Waals surface area (Å²) in [6, 6.07) is 1.88. The number of H-pyrrole nitrogens is 1. The number of aromatic nitrogens is 3. The lowest BCUT2D eigenvalue weighted by Crippen LogP contribution is -2.17. The number of pyridine rings is 1. The third-order valence-corrected chi connectivity index (χ3v) is 3.62. The van der Waals surface area contributed by atoms with Gasteiger partial charge in [0.1, 0.15) is 9.39 Å². The molecule has 1 N–H and O–H groups in total. The van der Waals surface area contributed by atoms with Crippen LogP contribution in [0.4, 0.5) is 0 Å². The highest BCUT2D eigenvalue weighted by Crippen LogP contribution is 2.18. The first-order valence-corrected chi connectivity index (χ1v) is 6.40. The summed E-state index contributed by atoms with van der Waals surface area (Å²) in [5, 5.41) is 0. The van der Waals surface area contributed by atoms with Crippen molar-refractivity contribution in [2.75, 3.05) is 7.11 Å². The summed E-state index contributed by atoms with van der Waals surface area (Å²) in [6.07, 6.45) is 3.40. The van der Waals surface area contributed by atoms with Crippen LogP contribution in [-0.4, -0.2) is 22.1 Å². The van der Waals surface area contributed by atoms with Gasteiger partial charge in [-0.25, -0.2) is 4.98 Å². The van der Waals surface area contributed by atoms with Crippen molar-refractivity contribution in [2.45, 2.75) is 13.5 Å². The van der Waals surface area contributed by atoms with E-state index in [0.29, 0.717) is 21.7 Å². The smallest absolute Gasteiger partial charge is 0.264 e. The normalized spacial score (nSPS) is 10.6. The van der Waals surface area contributed by atoms with Gasteiger partial charge in [0.15, 0.2) is 0 Å². The molecule has 2 heterocycles. The van der Waals surface area contributed by atoms with E-state index < -0.39 is 0 Å². The van der Waals surface area contributed by atoms with Crippen LogP contribution >= 0.6 is 22.6 Å². The summed E-state index contributed by atoms with van der Waals surface area (Å²) in [5.74, 6) is 0.526. The SMILES string of the molecule is COCc1nc(-c2cnccc2C)[nH]c(=O)c1I. The van der Waals surface area contributed by atoms with Gasteiger partial charge in [-0.05, 0) is 41.1 Å². The van der Waals surface area contributed by atoms with Gasteiger partial charge >= 0.3 is 0 Å². The van der Waals surface area contributed by atoms with Crippen LogP contribution in [0.1, 0.15) is 11.3 Å².